The molecule has 9 heteroatoms. The van der Waals surface area contributed by atoms with E-state index in [1.165, 1.54) is 4.57 Å². The van der Waals surface area contributed by atoms with Crippen molar-refractivity contribution in [2.24, 2.45) is 0 Å². The van der Waals surface area contributed by atoms with Gasteiger partial charge in [-0.25, -0.2) is 9.78 Å². The van der Waals surface area contributed by atoms with Crippen molar-refractivity contribution < 1.29 is 13.9 Å². The summed E-state index contributed by atoms with van der Waals surface area (Å²) in [6.45, 7) is 2.89. The second kappa shape index (κ2) is 7.00. The number of para-hydroxylation sites is 2. The van der Waals surface area contributed by atoms with Gasteiger partial charge in [0.15, 0.2) is 5.58 Å². The van der Waals surface area contributed by atoms with Gasteiger partial charge in [-0.2, -0.15) is 0 Å². The second-order valence-corrected chi connectivity index (χ2v) is 7.50. The zero-order valence-corrected chi connectivity index (χ0v) is 15.9. The number of carbonyl (C=O) groups is 1. The summed E-state index contributed by atoms with van der Waals surface area (Å²) in [6.07, 6.45) is 5.86. The first kappa shape index (κ1) is 17.9. The van der Waals surface area contributed by atoms with E-state index in [4.69, 9.17) is 9.15 Å². The smallest absolute Gasteiger partial charge is 0.408 e. The van der Waals surface area contributed by atoms with Gasteiger partial charge in [-0.1, -0.05) is 12.1 Å². The van der Waals surface area contributed by atoms with Gasteiger partial charge in [0.1, 0.15) is 18.0 Å². The molecular formula is C20H21N5O4. The van der Waals surface area contributed by atoms with Crippen LogP contribution in [-0.4, -0.2) is 63.7 Å². The number of aromatic nitrogens is 3. The molecule has 29 heavy (non-hydrogen) atoms. The lowest BCUT2D eigenvalue weighted by molar-refractivity contribution is -0.148. The summed E-state index contributed by atoms with van der Waals surface area (Å²) >= 11 is 0. The SMILES string of the molecule is O=C(Cn1c(=O)oc2ccccc21)N1CCOC2(CCN(c3cnccn3)C2)C1. The van der Waals surface area contributed by atoms with Crippen LogP contribution in [0.2, 0.25) is 0 Å². The van der Waals surface area contributed by atoms with Gasteiger partial charge in [0.2, 0.25) is 5.91 Å². The van der Waals surface area contributed by atoms with Crippen molar-refractivity contribution in [3.05, 3.63) is 53.4 Å². The lowest BCUT2D eigenvalue weighted by Gasteiger charge is -2.40. The fraction of sp³-hybridized carbons (Fsp3) is 0.400. The Hall–Kier alpha value is -3.20. The molecular weight excluding hydrogens is 374 g/mol. The van der Waals surface area contributed by atoms with Crippen LogP contribution >= 0.6 is 0 Å². The molecule has 2 saturated heterocycles. The molecule has 4 heterocycles. The minimum absolute atomic E-state index is 0.0419. The summed E-state index contributed by atoms with van der Waals surface area (Å²) in [5.74, 6) is 0.185. The maximum atomic E-state index is 13.0. The van der Waals surface area contributed by atoms with Gasteiger partial charge in [0.05, 0.1) is 31.4 Å². The topological polar surface area (TPSA) is 93.7 Å². The fourth-order valence-electron chi connectivity index (χ4n) is 4.20. The Kier molecular flexibility index (Phi) is 4.31. The summed E-state index contributed by atoms with van der Waals surface area (Å²) in [5, 5.41) is 0. The van der Waals surface area contributed by atoms with Crippen LogP contribution in [0.5, 0.6) is 0 Å². The van der Waals surface area contributed by atoms with E-state index in [2.05, 4.69) is 14.9 Å². The highest BCUT2D eigenvalue weighted by Gasteiger charge is 2.44. The summed E-state index contributed by atoms with van der Waals surface area (Å²) in [7, 11) is 0. The van der Waals surface area contributed by atoms with Crippen LogP contribution in [-0.2, 0) is 16.1 Å². The number of rotatable bonds is 3. The maximum Gasteiger partial charge on any atom is 0.420 e. The van der Waals surface area contributed by atoms with E-state index in [-0.39, 0.29) is 12.5 Å². The van der Waals surface area contributed by atoms with E-state index in [0.717, 1.165) is 18.8 Å². The predicted molar refractivity (Wildman–Crippen MR) is 105 cm³/mol. The Labute approximate surface area is 166 Å². The average molecular weight is 395 g/mol. The number of oxazole rings is 1. The van der Waals surface area contributed by atoms with Gasteiger partial charge < -0.3 is 19.0 Å². The maximum absolute atomic E-state index is 13.0. The third-order valence-corrected chi connectivity index (χ3v) is 5.66. The Balaban J connectivity index is 1.31. The standard InChI is InChI=1S/C20H21N5O4/c26-18(12-25-15-3-1-2-4-16(15)29-19(25)27)24-9-10-28-20(14-24)5-8-23(13-20)17-11-21-6-7-22-17/h1-4,6-7,11H,5,8-10,12-14H2. The molecule has 1 atom stereocenters. The van der Waals surface area contributed by atoms with Crippen molar-refractivity contribution in [1.82, 2.24) is 19.4 Å². The van der Waals surface area contributed by atoms with Crippen molar-refractivity contribution >= 4 is 22.8 Å². The van der Waals surface area contributed by atoms with Crippen molar-refractivity contribution in [2.45, 2.75) is 18.6 Å². The fourth-order valence-corrected chi connectivity index (χ4v) is 4.20. The van der Waals surface area contributed by atoms with Gasteiger partial charge in [0.25, 0.3) is 0 Å². The van der Waals surface area contributed by atoms with Crippen molar-refractivity contribution in [2.75, 3.05) is 37.7 Å². The molecule has 0 aliphatic carbocycles. The number of fused-ring (bicyclic) bond motifs is 1. The normalized spacial score (nSPS) is 21.9. The number of morpholine rings is 1. The molecule has 1 unspecified atom stereocenters. The molecule has 2 aromatic heterocycles. The van der Waals surface area contributed by atoms with Gasteiger partial charge in [-0.15, -0.1) is 0 Å². The van der Waals surface area contributed by atoms with Gasteiger partial charge in [0, 0.05) is 25.5 Å². The molecule has 3 aromatic rings. The summed E-state index contributed by atoms with van der Waals surface area (Å²) in [4.78, 5) is 37.6. The molecule has 9 nitrogen and oxygen atoms in total. The van der Waals surface area contributed by atoms with Crippen LogP contribution in [0, 0.1) is 0 Å². The Morgan fingerprint density at radius 3 is 2.93 bits per heavy atom. The molecule has 0 saturated carbocycles. The van der Waals surface area contributed by atoms with Crippen LogP contribution in [0.1, 0.15) is 6.42 Å². The molecule has 2 aliphatic heterocycles. The highest BCUT2D eigenvalue weighted by molar-refractivity contribution is 5.79. The number of hydrogen-bond donors (Lipinski definition) is 0. The quantitative estimate of drug-likeness (QED) is 0.650. The molecule has 2 aliphatic rings. The average Bonchev–Trinajstić information content (AvgIpc) is 3.30. The van der Waals surface area contributed by atoms with Gasteiger partial charge in [-0.3, -0.25) is 14.3 Å². The summed E-state index contributed by atoms with van der Waals surface area (Å²) < 4.78 is 12.7. The molecule has 1 aromatic carbocycles. The Morgan fingerprint density at radius 2 is 2.07 bits per heavy atom. The molecule has 0 bridgehead atoms. The third kappa shape index (κ3) is 3.27. The molecule has 5 rings (SSSR count). The number of nitrogens with zero attached hydrogens (tertiary/aromatic N) is 5. The first-order valence-electron chi connectivity index (χ1n) is 9.65. The number of ether oxygens (including phenoxy) is 1. The lowest BCUT2D eigenvalue weighted by Crippen LogP contribution is -2.55. The zero-order chi connectivity index (χ0) is 19.8. The van der Waals surface area contributed by atoms with Crippen LogP contribution in [0.15, 0.2) is 52.1 Å². The number of benzene rings is 1. The van der Waals surface area contributed by atoms with Crippen molar-refractivity contribution in [3.8, 4) is 0 Å². The third-order valence-electron chi connectivity index (χ3n) is 5.66. The molecule has 1 spiro atoms. The summed E-state index contributed by atoms with van der Waals surface area (Å²) in [6, 6.07) is 7.12. The number of hydrogen-bond acceptors (Lipinski definition) is 7. The summed E-state index contributed by atoms with van der Waals surface area (Å²) in [5.41, 5.74) is 0.692. The predicted octanol–water partition coefficient (Wildman–Crippen LogP) is 0.892. The monoisotopic (exact) mass is 395 g/mol. The van der Waals surface area contributed by atoms with E-state index < -0.39 is 11.4 Å². The van der Waals surface area contributed by atoms with Crippen molar-refractivity contribution in [3.63, 3.8) is 0 Å². The Morgan fingerprint density at radius 1 is 1.17 bits per heavy atom. The van der Waals surface area contributed by atoms with Crippen LogP contribution in [0.4, 0.5) is 5.82 Å². The second-order valence-electron chi connectivity index (χ2n) is 7.50. The van der Waals surface area contributed by atoms with E-state index in [1.807, 2.05) is 6.07 Å². The zero-order valence-electron chi connectivity index (χ0n) is 15.9. The molecule has 1 amide bonds. The highest BCUT2D eigenvalue weighted by atomic mass is 16.5. The molecule has 0 radical (unpaired) electrons. The number of carbonyl (C=O) groups excluding carboxylic acids is 1. The van der Waals surface area contributed by atoms with Gasteiger partial charge in [-0.05, 0) is 18.6 Å². The largest absolute Gasteiger partial charge is 0.420 e. The Bertz CT molecular complexity index is 1090. The minimum atomic E-state index is -0.516. The number of anilines is 1. The van der Waals surface area contributed by atoms with E-state index in [0.29, 0.717) is 37.3 Å². The van der Waals surface area contributed by atoms with Crippen LogP contribution in [0.3, 0.4) is 0 Å². The lowest BCUT2D eigenvalue weighted by atomic mass is 10.0. The highest BCUT2D eigenvalue weighted by Crippen LogP contribution is 2.31. The number of amides is 1. The first-order valence-corrected chi connectivity index (χ1v) is 9.65. The van der Waals surface area contributed by atoms with E-state index >= 15 is 0 Å². The minimum Gasteiger partial charge on any atom is -0.408 e. The van der Waals surface area contributed by atoms with E-state index in [1.54, 1.807) is 41.7 Å². The molecule has 2 fully saturated rings. The molecule has 0 N–H and O–H groups in total. The van der Waals surface area contributed by atoms with Crippen LogP contribution < -0.4 is 10.7 Å². The van der Waals surface area contributed by atoms with Crippen molar-refractivity contribution in [1.29, 1.82) is 0 Å². The van der Waals surface area contributed by atoms with E-state index in [9.17, 15) is 9.59 Å². The van der Waals surface area contributed by atoms with Crippen LogP contribution in [0.25, 0.3) is 11.1 Å². The first-order chi connectivity index (χ1) is 14.1. The van der Waals surface area contributed by atoms with Gasteiger partial charge >= 0.3 is 5.76 Å². The molecule has 150 valence electrons.